The number of methoxy groups -OCH3 is 1. The van der Waals surface area contributed by atoms with Crippen LogP contribution in [0.5, 0.6) is 11.5 Å². The second-order valence-corrected chi connectivity index (χ2v) is 13.2. The Hall–Kier alpha value is -4.51. The molecule has 0 N–H and O–H groups in total. The molecule has 0 saturated carbocycles. The van der Waals surface area contributed by atoms with Crippen molar-refractivity contribution in [1.29, 1.82) is 5.26 Å². The second kappa shape index (κ2) is 13.9. The van der Waals surface area contributed by atoms with Crippen LogP contribution in [0, 0.1) is 14.9 Å². The number of carbonyl (C=O) groups excluding carboxylic acids is 1. The number of ether oxygens (including phenoxy) is 3. The topological polar surface area (TPSA) is 103 Å². The van der Waals surface area contributed by atoms with Gasteiger partial charge in [0, 0.05) is 10.4 Å². The van der Waals surface area contributed by atoms with Gasteiger partial charge in [0.25, 0.3) is 5.56 Å². The molecule has 0 unspecified atom stereocenters. The molecular formula is C35H26IN3O5S2. The summed E-state index contributed by atoms with van der Waals surface area (Å²) in [5.74, 6) is 0.594. The van der Waals surface area contributed by atoms with E-state index in [9.17, 15) is 9.59 Å². The average Bonchev–Trinajstić information content (AvgIpc) is 3.72. The van der Waals surface area contributed by atoms with Gasteiger partial charge in [-0.15, -0.1) is 11.3 Å². The molecule has 0 spiro atoms. The molecule has 2 aromatic heterocycles. The standard InChI is InChI=1S/C35H26IN3O5S2/c1-3-43-34(41)29-30(24-8-5-4-6-9-24)38-35-39(31(29)27-10-7-15-45-27)33(40)28(46-35)18-23-16-25(36)32(26(17-23)42-2)44-20-22-13-11-21(19-37)12-14-22/h4-18,31H,3,20H2,1-2H3/b28-18-/t31-/m1/s1. The number of esters is 1. The molecule has 0 saturated heterocycles. The molecule has 0 aliphatic carbocycles. The Labute approximate surface area is 286 Å². The summed E-state index contributed by atoms with van der Waals surface area (Å²) in [7, 11) is 1.57. The quantitative estimate of drug-likeness (QED) is 0.134. The van der Waals surface area contributed by atoms with Gasteiger partial charge in [0.1, 0.15) is 12.6 Å². The molecule has 1 aliphatic heterocycles. The van der Waals surface area contributed by atoms with Gasteiger partial charge < -0.3 is 14.2 Å². The van der Waals surface area contributed by atoms with Gasteiger partial charge >= 0.3 is 5.97 Å². The van der Waals surface area contributed by atoms with Crippen LogP contribution in [0.2, 0.25) is 0 Å². The van der Waals surface area contributed by atoms with Crippen LogP contribution in [0.1, 0.15) is 40.1 Å². The minimum Gasteiger partial charge on any atom is -0.493 e. The number of benzene rings is 3. The van der Waals surface area contributed by atoms with Crippen LogP contribution in [-0.4, -0.2) is 24.3 Å². The van der Waals surface area contributed by atoms with Gasteiger partial charge in [0.05, 0.1) is 44.7 Å². The molecule has 1 aliphatic rings. The molecule has 3 heterocycles. The van der Waals surface area contributed by atoms with Crippen LogP contribution in [0.25, 0.3) is 11.8 Å². The molecule has 0 bridgehead atoms. The number of hydrogen-bond acceptors (Lipinski definition) is 9. The van der Waals surface area contributed by atoms with E-state index in [1.807, 2.05) is 72.1 Å². The minimum absolute atomic E-state index is 0.194. The van der Waals surface area contributed by atoms with Crippen molar-refractivity contribution in [1.82, 2.24) is 4.57 Å². The van der Waals surface area contributed by atoms with Gasteiger partial charge in [-0.25, -0.2) is 9.79 Å². The Morgan fingerprint density at radius 2 is 1.89 bits per heavy atom. The predicted molar refractivity (Wildman–Crippen MR) is 187 cm³/mol. The van der Waals surface area contributed by atoms with Crippen LogP contribution in [-0.2, 0) is 16.1 Å². The van der Waals surface area contributed by atoms with E-state index in [4.69, 9.17) is 24.5 Å². The Morgan fingerprint density at radius 3 is 2.57 bits per heavy atom. The van der Waals surface area contributed by atoms with Crippen molar-refractivity contribution in [2.45, 2.75) is 19.6 Å². The first-order valence-corrected chi connectivity index (χ1v) is 17.0. The molecule has 8 nitrogen and oxygen atoms in total. The molecule has 0 amide bonds. The van der Waals surface area contributed by atoms with Gasteiger partial charge in [-0.05, 0) is 82.4 Å². The predicted octanol–water partition coefficient (Wildman–Crippen LogP) is 6.06. The summed E-state index contributed by atoms with van der Waals surface area (Å²) >= 11 is 4.93. The molecule has 0 fully saturated rings. The van der Waals surface area contributed by atoms with Crippen molar-refractivity contribution >= 4 is 63.0 Å². The second-order valence-electron chi connectivity index (χ2n) is 10.1. The maximum atomic E-state index is 14.1. The molecule has 3 aromatic carbocycles. The molecule has 1 atom stereocenters. The highest BCUT2D eigenvalue weighted by molar-refractivity contribution is 14.1. The van der Waals surface area contributed by atoms with Crippen LogP contribution in [0.15, 0.2) is 99.6 Å². The van der Waals surface area contributed by atoms with Crippen LogP contribution in [0.3, 0.4) is 0 Å². The van der Waals surface area contributed by atoms with Gasteiger partial charge in [-0.1, -0.05) is 59.9 Å². The van der Waals surface area contributed by atoms with Gasteiger partial charge in [0.2, 0.25) is 0 Å². The maximum absolute atomic E-state index is 14.1. The number of fused-ring (bicyclic) bond motifs is 1. The number of thiazole rings is 1. The van der Waals surface area contributed by atoms with E-state index >= 15 is 0 Å². The molecule has 230 valence electrons. The number of rotatable bonds is 9. The lowest BCUT2D eigenvalue weighted by Crippen LogP contribution is -2.39. The number of hydrogen-bond donors (Lipinski definition) is 0. The van der Waals surface area contributed by atoms with Crippen LogP contribution in [0.4, 0.5) is 0 Å². The lowest BCUT2D eigenvalue weighted by Gasteiger charge is -2.24. The first-order chi connectivity index (χ1) is 22.4. The Balaban J connectivity index is 1.44. The van der Waals surface area contributed by atoms with E-state index in [0.717, 1.165) is 25.1 Å². The third-order valence-electron chi connectivity index (χ3n) is 7.20. The molecule has 46 heavy (non-hydrogen) atoms. The number of nitriles is 1. The highest BCUT2D eigenvalue weighted by Gasteiger charge is 2.35. The number of halogens is 1. The molecule has 6 rings (SSSR count). The van der Waals surface area contributed by atoms with E-state index < -0.39 is 12.0 Å². The fourth-order valence-electron chi connectivity index (χ4n) is 5.10. The molecule has 5 aromatic rings. The maximum Gasteiger partial charge on any atom is 0.338 e. The summed E-state index contributed by atoms with van der Waals surface area (Å²) in [6, 6.07) is 25.7. The smallest absolute Gasteiger partial charge is 0.338 e. The van der Waals surface area contributed by atoms with Gasteiger partial charge in [0.15, 0.2) is 16.3 Å². The minimum atomic E-state index is -0.694. The molecule has 0 radical (unpaired) electrons. The van der Waals surface area contributed by atoms with Crippen LogP contribution >= 0.6 is 45.3 Å². The summed E-state index contributed by atoms with van der Waals surface area (Å²) in [6.07, 6.45) is 1.81. The number of nitrogens with zero attached hydrogens (tertiary/aromatic N) is 3. The zero-order valence-corrected chi connectivity index (χ0v) is 28.5. The van der Waals surface area contributed by atoms with E-state index in [-0.39, 0.29) is 12.2 Å². The van der Waals surface area contributed by atoms with E-state index in [2.05, 4.69) is 28.7 Å². The van der Waals surface area contributed by atoms with Crippen molar-refractivity contribution in [3.8, 4) is 17.6 Å². The fraction of sp³-hybridized carbons (Fsp3) is 0.143. The van der Waals surface area contributed by atoms with Crippen LogP contribution < -0.4 is 24.4 Å². The zero-order valence-electron chi connectivity index (χ0n) is 24.7. The Bertz CT molecular complexity index is 2160. The highest BCUT2D eigenvalue weighted by atomic mass is 127. The summed E-state index contributed by atoms with van der Waals surface area (Å²) in [6.45, 7) is 2.25. The lowest BCUT2D eigenvalue weighted by molar-refractivity contribution is -0.138. The number of thiophene rings is 1. The Kier molecular flexibility index (Phi) is 9.48. The van der Waals surface area contributed by atoms with E-state index in [1.165, 1.54) is 22.7 Å². The van der Waals surface area contributed by atoms with E-state index in [1.54, 1.807) is 36.8 Å². The third kappa shape index (κ3) is 6.28. The van der Waals surface area contributed by atoms with E-state index in [0.29, 0.717) is 44.3 Å². The van der Waals surface area contributed by atoms with Gasteiger partial charge in [-0.2, -0.15) is 5.26 Å². The Morgan fingerprint density at radius 1 is 1.11 bits per heavy atom. The van der Waals surface area contributed by atoms with Gasteiger partial charge in [-0.3, -0.25) is 9.36 Å². The average molecular weight is 760 g/mol. The third-order valence-corrected chi connectivity index (χ3v) is 9.91. The van der Waals surface area contributed by atoms with Crippen molar-refractivity contribution in [2.75, 3.05) is 13.7 Å². The zero-order chi connectivity index (χ0) is 32.2. The normalized spacial score (nSPS) is 14.3. The molecule has 11 heteroatoms. The first-order valence-electron chi connectivity index (χ1n) is 14.2. The highest BCUT2D eigenvalue weighted by Crippen LogP contribution is 2.37. The van der Waals surface area contributed by atoms with Crippen molar-refractivity contribution in [3.05, 3.63) is 140 Å². The summed E-state index contributed by atoms with van der Waals surface area (Å²) < 4.78 is 20.2. The monoisotopic (exact) mass is 759 g/mol. The summed E-state index contributed by atoms with van der Waals surface area (Å²) in [5, 5.41) is 11.0. The van der Waals surface area contributed by atoms with Crippen molar-refractivity contribution < 1.29 is 19.0 Å². The van der Waals surface area contributed by atoms with Crippen molar-refractivity contribution in [2.24, 2.45) is 4.99 Å². The lowest BCUT2D eigenvalue weighted by atomic mass is 9.97. The largest absolute Gasteiger partial charge is 0.493 e. The number of aromatic nitrogens is 1. The summed E-state index contributed by atoms with van der Waals surface area (Å²) in [5.41, 5.74) is 3.57. The summed E-state index contributed by atoms with van der Waals surface area (Å²) in [4.78, 5) is 33.9. The number of carbonyl (C=O) groups is 1. The van der Waals surface area contributed by atoms with Crippen molar-refractivity contribution in [3.63, 3.8) is 0 Å². The fourth-order valence-corrected chi connectivity index (χ4v) is 7.71. The first kappa shape index (κ1) is 31.5. The SMILES string of the molecule is CCOC(=O)C1=C(c2ccccc2)N=c2s/c(=C\c3cc(I)c(OCc4ccc(C#N)cc4)c(OC)c3)c(=O)n2[C@@H]1c1cccs1. The molecular weight excluding hydrogens is 733 g/mol.